The molecule has 3 N–H and O–H groups in total. The van der Waals surface area contributed by atoms with Crippen LogP contribution in [-0.4, -0.2) is 105 Å². The Morgan fingerprint density at radius 1 is 1.18 bits per heavy atom. The first kappa shape index (κ1) is 25.9. The maximum Gasteiger partial charge on any atom is 0.332 e. The number of carbonyl (C=O) groups excluding carboxylic acids is 2. The molecule has 1 aliphatic rings. The standard InChI is InChI=1S/C18H27N7O7S2/c1-22-15-14(16(29)23(2)18(22)30)19-17(20-15)33-9-3-12(27)21-34(31,32)10-7-24-4-5-25(6-8-26)13(28)11-24/h26H,3-11H2,1-2H3,(H,19,20)(H,21,27). The number of aromatic nitrogens is 4. The van der Waals surface area contributed by atoms with Gasteiger partial charge in [-0.2, -0.15) is 0 Å². The predicted octanol–water partition coefficient (Wildman–Crippen LogP) is -2.97. The number of aliphatic hydroxyl groups is 1. The van der Waals surface area contributed by atoms with E-state index in [4.69, 9.17) is 5.11 Å². The number of aryl methyl sites for hydroxylation is 1. The lowest BCUT2D eigenvalue weighted by Gasteiger charge is -2.33. The van der Waals surface area contributed by atoms with Crippen molar-refractivity contribution >= 4 is 44.8 Å². The van der Waals surface area contributed by atoms with Crippen LogP contribution in [0.25, 0.3) is 11.2 Å². The van der Waals surface area contributed by atoms with Gasteiger partial charge in [0.2, 0.25) is 21.8 Å². The summed E-state index contributed by atoms with van der Waals surface area (Å²) in [6.07, 6.45) is -0.115. The van der Waals surface area contributed by atoms with E-state index in [0.717, 1.165) is 16.3 Å². The smallest absolute Gasteiger partial charge is 0.332 e. The van der Waals surface area contributed by atoms with E-state index in [1.165, 1.54) is 23.6 Å². The van der Waals surface area contributed by atoms with E-state index in [0.29, 0.717) is 18.2 Å². The highest BCUT2D eigenvalue weighted by molar-refractivity contribution is 7.99. The number of piperazine rings is 1. The molecule has 0 unspecified atom stereocenters. The fourth-order valence-corrected chi connectivity index (χ4v) is 5.30. The number of nitrogens with zero attached hydrogens (tertiary/aromatic N) is 5. The molecule has 0 radical (unpaired) electrons. The van der Waals surface area contributed by atoms with Gasteiger partial charge in [0.15, 0.2) is 16.3 Å². The molecule has 1 saturated heterocycles. The van der Waals surface area contributed by atoms with Crippen LogP contribution in [0.1, 0.15) is 6.42 Å². The third-order valence-corrected chi connectivity index (χ3v) is 7.49. The third-order valence-electron chi connectivity index (χ3n) is 5.35. The highest BCUT2D eigenvalue weighted by Crippen LogP contribution is 2.17. The van der Waals surface area contributed by atoms with Crippen molar-refractivity contribution in [1.82, 2.24) is 33.6 Å². The van der Waals surface area contributed by atoms with Crippen molar-refractivity contribution in [2.24, 2.45) is 14.1 Å². The van der Waals surface area contributed by atoms with E-state index in [1.807, 2.05) is 4.72 Å². The number of rotatable bonds is 10. The first-order chi connectivity index (χ1) is 16.0. The molecular formula is C18H27N7O7S2. The quantitative estimate of drug-likeness (QED) is 0.275. The van der Waals surface area contributed by atoms with Crippen molar-refractivity contribution in [1.29, 1.82) is 0 Å². The Bertz CT molecular complexity index is 1300. The Kier molecular flexibility index (Phi) is 8.17. The maximum absolute atomic E-state index is 12.2. The van der Waals surface area contributed by atoms with Crippen molar-refractivity contribution in [3.8, 4) is 0 Å². The zero-order valence-electron chi connectivity index (χ0n) is 18.8. The van der Waals surface area contributed by atoms with Gasteiger partial charge in [0, 0.05) is 52.4 Å². The fourth-order valence-electron chi connectivity index (χ4n) is 3.44. The zero-order valence-corrected chi connectivity index (χ0v) is 20.4. The van der Waals surface area contributed by atoms with E-state index >= 15 is 0 Å². The molecule has 2 aromatic rings. The van der Waals surface area contributed by atoms with Gasteiger partial charge in [-0.25, -0.2) is 18.2 Å². The molecule has 0 saturated carbocycles. The number of hydrogen-bond acceptors (Lipinski definition) is 10. The van der Waals surface area contributed by atoms with Crippen LogP contribution in [-0.2, 0) is 33.7 Å². The molecule has 3 heterocycles. The van der Waals surface area contributed by atoms with Gasteiger partial charge < -0.3 is 15.0 Å². The Labute approximate surface area is 199 Å². The molecule has 0 aromatic carbocycles. The number of nitrogens with one attached hydrogen (secondary N) is 2. The molecule has 188 valence electrons. The van der Waals surface area contributed by atoms with Gasteiger partial charge in [0.05, 0.1) is 18.9 Å². The lowest BCUT2D eigenvalue weighted by Crippen LogP contribution is -2.52. The number of aromatic amines is 1. The van der Waals surface area contributed by atoms with Crippen molar-refractivity contribution in [3.63, 3.8) is 0 Å². The topological polar surface area (TPSA) is 180 Å². The molecule has 0 bridgehead atoms. The number of amides is 2. The van der Waals surface area contributed by atoms with E-state index in [1.54, 1.807) is 4.90 Å². The molecular weight excluding hydrogens is 490 g/mol. The van der Waals surface area contributed by atoms with Gasteiger partial charge in [0.25, 0.3) is 5.56 Å². The summed E-state index contributed by atoms with van der Waals surface area (Å²) >= 11 is 1.12. The van der Waals surface area contributed by atoms with E-state index in [9.17, 15) is 27.6 Å². The van der Waals surface area contributed by atoms with Gasteiger partial charge in [-0.05, 0) is 0 Å². The number of imidazole rings is 1. The summed E-state index contributed by atoms with van der Waals surface area (Å²) < 4.78 is 28.7. The lowest BCUT2D eigenvalue weighted by atomic mass is 10.3. The molecule has 0 aliphatic carbocycles. The number of thioether (sulfide) groups is 1. The molecule has 34 heavy (non-hydrogen) atoms. The minimum Gasteiger partial charge on any atom is -0.395 e. The van der Waals surface area contributed by atoms with Crippen LogP contribution >= 0.6 is 11.8 Å². The second-order valence-corrected chi connectivity index (χ2v) is 10.7. The summed E-state index contributed by atoms with van der Waals surface area (Å²) in [6, 6.07) is 0. The van der Waals surface area contributed by atoms with Crippen LogP contribution in [0.2, 0.25) is 0 Å². The van der Waals surface area contributed by atoms with Crippen LogP contribution in [0.4, 0.5) is 0 Å². The molecule has 2 amide bonds. The minimum absolute atomic E-state index is 0.0618. The Morgan fingerprint density at radius 3 is 2.59 bits per heavy atom. The van der Waals surface area contributed by atoms with Gasteiger partial charge in [-0.1, -0.05) is 11.8 Å². The van der Waals surface area contributed by atoms with Crippen LogP contribution < -0.4 is 16.0 Å². The Balaban J connectivity index is 1.47. The molecule has 1 aliphatic heterocycles. The molecule has 3 rings (SSSR count). The van der Waals surface area contributed by atoms with Gasteiger partial charge in [-0.3, -0.25) is 33.1 Å². The summed E-state index contributed by atoms with van der Waals surface area (Å²) in [5.74, 6) is -1.00. The van der Waals surface area contributed by atoms with E-state index < -0.39 is 27.2 Å². The first-order valence-electron chi connectivity index (χ1n) is 10.4. The van der Waals surface area contributed by atoms with Crippen molar-refractivity contribution in [2.75, 3.05) is 50.8 Å². The van der Waals surface area contributed by atoms with E-state index in [2.05, 4.69) is 9.97 Å². The number of aliphatic hydroxyl groups excluding tert-OH is 1. The summed E-state index contributed by atoms with van der Waals surface area (Å²) in [6.45, 7) is 1.18. The third kappa shape index (κ3) is 6.05. The molecule has 14 nitrogen and oxygen atoms in total. The number of β-amino-alcohol motifs (C(OH)–C–C–N with tert-alkyl or cyclic N) is 1. The monoisotopic (exact) mass is 517 g/mol. The summed E-state index contributed by atoms with van der Waals surface area (Å²) in [5, 5.41) is 9.27. The fraction of sp³-hybridized carbons (Fsp3) is 0.611. The number of hydrogen-bond donors (Lipinski definition) is 3. The molecule has 2 aromatic heterocycles. The van der Waals surface area contributed by atoms with E-state index in [-0.39, 0.29) is 61.2 Å². The molecule has 0 spiro atoms. The number of sulfonamides is 1. The molecule has 1 fully saturated rings. The van der Waals surface area contributed by atoms with Crippen molar-refractivity contribution in [2.45, 2.75) is 11.6 Å². The SMILES string of the molecule is Cn1c(=O)c2[nH]c(SCCC(=O)NS(=O)(=O)CCN3CCN(CCO)C(=O)C3)nc2n(C)c1=O. The second-order valence-electron chi connectivity index (χ2n) is 7.77. The highest BCUT2D eigenvalue weighted by Gasteiger charge is 2.25. The normalized spacial score (nSPS) is 15.3. The minimum atomic E-state index is -3.88. The second kappa shape index (κ2) is 10.7. The number of fused-ring (bicyclic) bond motifs is 1. The average Bonchev–Trinajstić information content (AvgIpc) is 3.21. The van der Waals surface area contributed by atoms with Crippen molar-refractivity contribution < 1.29 is 23.1 Å². The van der Waals surface area contributed by atoms with Gasteiger partial charge in [0.1, 0.15) is 0 Å². The summed E-state index contributed by atoms with van der Waals surface area (Å²) in [7, 11) is -1.03. The lowest BCUT2D eigenvalue weighted by molar-refractivity contribution is -0.136. The van der Waals surface area contributed by atoms with Crippen LogP contribution in [0.5, 0.6) is 0 Å². The Hall–Kier alpha value is -2.69. The largest absolute Gasteiger partial charge is 0.395 e. The molecule has 0 atom stereocenters. The first-order valence-corrected chi connectivity index (χ1v) is 13.1. The highest BCUT2D eigenvalue weighted by atomic mass is 32.2. The number of H-pyrrole nitrogens is 1. The summed E-state index contributed by atoms with van der Waals surface area (Å²) in [4.78, 5) is 58.5. The number of carbonyl (C=O) groups is 2. The maximum atomic E-state index is 12.2. The zero-order chi connectivity index (χ0) is 25.0. The predicted molar refractivity (Wildman–Crippen MR) is 124 cm³/mol. The Morgan fingerprint density at radius 2 is 1.91 bits per heavy atom. The van der Waals surface area contributed by atoms with Crippen LogP contribution in [0, 0.1) is 0 Å². The van der Waals surface area contributed by atoms with Crippen LogP contribution in [0.3, 0.4) is 0 Å². The van der Waals surface area contributed by atoms with Crippen molar-refractivity contribution in [3.05, 3.63) is 20.8 Å². The summed E-state index contributed by atoms with van der Waals surface area (Å²) in [5.41, 5.74) is -0.674. The molecule has 16 heteroatoms. The average molecular weight is 518 g/mol. The van der Waals surface area contributed by atoms with Gasteiger partial charge >= 0.3 is 5.69 Å². The van der Waals surface area contributed by atoms with Crippen LogP contribution in [0.15, 0.2) is 14.7 Å². The van der Waals surface area contributed by atoms with Gasteiger partial charge in [-0.15, -0.1) is 0 Å².